The van der Waals surface area contributed by atoms with Crippen LogP contribution in [0.4, 0.5) is 0 Å². The number of hydrogen-bond donors (Lipinski definition) is 2. The number of carboxylic acids is 1. The summed E-state index contributed by atoms with van der Waals surface area (Å²) in [4.78, 5) is 24.9. The number of nitrogens with one attached hydrogen (secondary N) is 1. The first-order chi connectivity index (χ1) is 17.1. The summed E-state index contributed by atoms with van der Waals surface area (Å²) in [6, 6.07) is 16.2. The van der Waals surface area contributed by atoms with Crippen LogP contribution in [0.15, 0.2) is 67.1 Å². The van der Waals surface area contributed by atoms with Crippen molar-refractivity contribution < 1.29 is 14.6 Å². The van der Waals surface area contributed by atoms with Crippen LogP contribution in [-0.4, -0.2) is 48.4 Å². The number of aromatic amines is 1. The minimum absolute atomic E-state index is 0.141. The molecular weight excluding hydrogens is 442 g/mol. The summed E-state index contributed by atoms with van der Waals surface area (Å²) in [7, 11) is 1.48. The van der Waals surface area contributed by atoms with Gasteiger partial charge in [0, 0.05) is 47.5 Å². The average Bonchev–Trinajstić information content (AvgIpc) is 3.56. The molecule has 0 amide bonds. The fourth-order valence-corrected chi connectivity index (χ4v) is 5.24. The van der Waals surface area contributed by atoms with E-state index in [1.54, 1.807) is 0 Å². The van der Waals surface area contributed by atoms with Gasteiger partial charge >= 0.3 is 5.97 Å². The van der Waals surface area contributed by atoms with E-state index in [1.165, 1.54) is 7.11 Å². The van der Waals surface area contributed by atoms with Crippen LogP contribution in [0.5, 0.6) is 0 Å². The van der Waals surface area contributed by atoms with Gasteiger partial charge in [-0.15, -0.1) is 0 Å². The number of H-pyrrole nitrogens is 1. The van der Waals surface area contributed by atoms with Crippen LogP contribution in [0.1, 0.15) is 37.3 Å². The zero-order valence-corrected chi connectivity index (χ0v) is 19.3. The maximum absolute atomic E-state index is 11.8. The highest BCUT2D eigenvalue weighted by atomic mass is 16.5. The van der Waals surface area contributed by atoms with Gasteiger partial charge in [0.25, 0.3) is 0 Å². The molecule has 1 saturated carbocycles. The molecule has 1 fully saturated rings. The molecule has 0 bridgehead atoms. The van der Waals surface area contributed by atoms with Crippen molar-refractivity contribution in [2.75, 3.05) is 7.11 Å². The molecule has 35 heavy (non-hydrogen) atoms. The number of aromatic nitrogens is 5. The number of carbonyl (C=O) groups is 1. The van der Waals surface area contributed by atoms with Crippen molar-refractivity contribution in [2.45, 2.75) is 37.2 Å². The second-order valence-electron chi connectivity index (χ2n) is 9.11. The van der Waals surface area contributed by atoms with Gasteiger partial charge in [-0.25, -0.2) is 9.78 Å². The lowest BCUT2D eigenvalue weighted by Crippen LogP contribution is -2.43. The smallest absolute Gasteiger partial charge is 0.335 e. The lowest BCUT2D eigenvalue weighted by atomic mass is 9.77. The van der Waals surface area contributed by atoms with Crippen LogP contribution >= 0.6 is 0 Å². The Morgan fingerprint density at radius 2 is 1.89 bits per heavy atom. The molecule has 0 unspecified atom stereocenters. The molecule has 8 heteroatoms. The Bertz CT molecular complexity index is 1510. The van der Waals surface area contributed by atoms with Gasteiger partial charge < -0.3 is 14.8 Å². The predicted octanol–water partition coefficient (Wildman–Crippen LogP) is 5.07. The van der Waals surface area contributed by atoms with E-state index in [9.17, 15) is 9.90 Å². The summed E-state index contributed by atoms with van der Waals surface area (Å²) >= 11 is 0. The van der Waals surface area contributed by atoms with Gasteiger partial charge in [-0.1, -0.05) is 36.4 Å². The average molecular weight is 468 g/mol. The van der Waals surface area contributed by atoms with Crippen molar-refractivity contribution >= 4 is 22.6 Å². The lowest BCUT2D eigenvalue weighted by molar-refractivity contribution is -0.166. The van der Waals surface area contributed by atoms with E-state index in [1.807, 2.05) is 71.6 Å². The second-order valence-corrected chi connectivity index (χ2v) is 9.11. The number of benzene rings is 1. The minimum Gasteiger partial charge on any atom is -0.479 e. The highest BCUT2D eigenvalue weighted by molar-refractivity contribution is 5.86. The Labute approximate surface area is 201 Å². The largest absolute Gasteiger partial charge is 0.479 e. The predicted molar refractivity (Wildman–Crippen MR) is 132 cm³/mol. The SMILES string of the molecule is CO[C@]1(C(=O)O)CC[C@H](c2nc3c(-c4ccc(-c5ccccc5)nc4)cnn3c3[nH]ccc32)CC1. The standard InChI is InChI=1S/C27H25N5O3/c1-35-27(26(33)34)12-9-18(10-13-27)23-20-11-14-28-24(20)32-25(31-23)21(16-30-32)19-7-8-22(29-15-19)17-5-3-2-4-6-17/h2-8,11,14-16,18,28H,9-10,12-13H2,1H3,(H,33,34)/t18-,27+. The second kappa shape index (κ2) is 8.32. The Kier molecular flexibility index (Phi) is 5.11. The molecule has 2 N–H and O–H groups in total. The first-order valence-corrected chi connectivity index (χ1v) is 11.7. The molecule has 1 aliphatic carbocycles. The quantitative estimate of drug-likeness (QED) is 0.374. The normalized spacial score (nSPS) is 20.4. The summed E-state index contributed by atoms with van der Waals surface area (Å²) in [6.07, 6.45) is 7.89. The molecule has 1 aliphatic rings. The first-order valence-electron chi connectivity index (χ1n) is 11.7. The third-order valence-electron chi connectivity index (χ3n) is 7.29. The monoisotopic (exact) mass is 467 g/mol. The third-order valence-corrected chi connectivity index (χ3v) is 7.29. The number of nitrogens with zero attached hydrogens (tertiary/aromatic N) is 4. The molecule has 176 valence electrons. The summed E-state index contributed by atoms with van der Waals surface area (Å²) in [5.41, 5.74) is 5.33. The highest BCUT2D eigenvalue weighted by Crippen LogP contribution is 2.42. The van der Waals surface area contributed by atoms with Crippen molar-refractivity contribution in [1.82, 2.24) is 24.6 Å². The Morgan fingerprint density at radius 3 is 2.57 bits per heavy atom. The van der Waals surface area contributed by atoms with Gasteiger partial charge in [0.1, 0.15) is 5.65 Å². The zero-order valence-electron chi connectivity index (χ0n) is 19.3. The summed E-state index contributed by atoms with van der Waals surface area (Å²) in [5, 5.41) is 15.3. The van der Waals surface area contributed by atoms with Gasteiger partial charge in [-0.05, 0) is 37.8 Å². The Balaban J connectivity index is 1.39. The fraction of sp³-hybridized carbons (Fsp3) is 0.259. The van der Waals surface area contributed by atoms with Gasteiger partial charge in [-0.2, -0.15) is 9.61 Å². The molecule has 4 aromatic heterocycles. The number of aliphatic carboxylic acids is 1. The Morgan fingerprint density at radius 1 is 1.09 bits per heavy atom. The Hall–Kier alpha value is -4.04. The zero-order chi connectivity index (χ0) is 24.0. The molecule has 0 spiro atoms. The minimum atomic E-state index is -1.11. The number of rotatable bonds is 5. The van der Waals surface area contributed by atoms with E-state index in [2.05, 4.69) is 15.1 Å². The summed E-state index contributed by atoms with van der Waals surface area (Å²) < 4.78 is 7.26. The van der Waals surface area contributed by atoms with Crippen LogP contribution in [0.25, 0.3) is 39.1 Å². The van der Waals surface area contributed by atoms with E-state index < -0.39 is 11.6 Å². The number of hydrogen-bond acceptors (Lipinski definition) is 5. The van der Waals surface area contributed by atoms with Crippen LogP contribution in [0, 0.1) is 0 Å². The number of methoxy groups -OCH3 is 1. The molecule has 0 radical (unpaired) electrons. The van der Waals surface area contributed by atoms with Crippen molar-refractivity contribution in [3.8, 4) is 22.4 Å². The number of fused-ring (bicyclic) bond motifs is 3. The summed E-state index contributed by atoms with van der Waals surface area (Å²) in [6.45, 7) is 0. The number of carboxylic acid groups (broad SMARTS) is 1. The fourth-order valence-electron chi connectivity index (χ4n) is 5.24. The van der Waals surface area contributed by atoms with Crippen LogP contribution in [0.3, 0.4) is 0 Å². The molecular formula is C27H25N5O3. The molecule has 0 atom stereocenters. The van der Waals surface area contributed by atoms with Crippen LogP contribution in [-0.2, 0) is 9.53 Å². The van der Waals surface area contributed by atoms with E-state index in [-0.39, 0.29) is 5.92 Å². The van der Waals surface area contributed by atoms with E-state index in [0.29, 0.717) is 25.7 Å². The molecule has 0 saturated heterocycles. The molecule has 4 heterocycles. The highest BCUT2D eigenvalue weighted by Gasteiger charge is 2.43. The van der Waals surface area contributed by atoms with E-state index in [4.69, 9.17) is 9.72 Å². The molecule has 0 aliphatic heterocycles. The van der Waals surface area contributed by atoms with Gasteiger partial charge in [0.2, 0.25) is 0 Å². The number of ether oxygens (including phenoxy) is 1. The van der Waals surface area contributed by atoms with Crippen molar-refractivity contribution in [3.05, 3.63) is 72.8 Å². The van der Waals surface area contributed by atoms with Crippen molar-refractivity contribution in [3.63, 3.8) is 0 Å². The van der Waals surface area contributed by atoms with Gasteiger partial charge in [-0.3, -0.25) is 4.98 Å². The summed E-state index contributed by atoms with van der Waals surface area (Å²) in [5.74, 6) is -0.750. The van der Waals surface area contributed by atoms with E-state index in [0.717, 1.165) is 44.8 Å². The van der Waals surface area contributed by atoms with Crippen molar-refractivity contribution in [2.24, 2.45) is 0 Å². The topological polar surface area (TPSA) is 105 Å². The van der Waals surface area contributed by atoms with Crippen LogP contribution < -0.4 is 0 Å². The molecule has 6 rings (SSSR count). The molecule has 1 aromatic carbocycles. The molecule has 8 nitrogen and oxygen atoms in total. The number of pyridine rings is 1. The lowest BCUT2D eigenvalue weighted by Gasteiger charge is -2.35. The van der Waals surface area contributed by atoms with Crippen molar-refractivity contribution in [1.29, 1.82) is 0 Å². The maximum atomic E-state index is 11.8. The van der Waals surface area contributed by atoms with E-state index >= 15 is 0 Å². The van der Waals surface area contributed by atoms with Gasteiger partial charge in [0.15, 0.2) is 11.2 Å². The molecule has 5 aromatic rings. The van der Waals surface area contributed by atoms with Crippen LogP contribution in [0.2, 0.25) is 0 Å². The first kappa shape index (κ1) is 21.5. The third kappa shape index (κ3) is 3.49. The maximum Gasteiger partial charge on any atom is 0.335 e. The van der Waals surface area contributed by atoms with Gasteiger partial charge in [0.05, 0.1) is 17.6 Å².